The number of nitrogens with one attached hydrogen (secondary N) is 1. The van der Waals surface area contributed by atoms with Crippen molar-refractivity contribution >= 4 is 0 Å². The van der Waals surface area contributed by atoms with Gasteiger partial charge in [0.2, 0.25) is 0 Å². The van der Waals surface area contributed by atoms with Gasteiger partial charge in [-0.25, -0.2) is 0 Å². The number of aryl methyl sites for hydroxylation is 1. The summed E-state index contributed by atoms with van der Waals surface area (Å²) in [7, 11) is 0. The van der Waals surface area contributed by atoms with E-state index in [-0.39, 0.29) is 0 Å². The van der Waals surface area contributed by atoms with Gasteiger partial charge in [0.15, 0.2) is 0 Å². The van der Waals surface area contributed by atoms with Crippen LogP contribution in [0.5, 0.6) is 0 Å². The first-order valence-electron chi connectivity index (χ1n) is 6.18. The molecule has 1 aromatic rings. The molecule has 0 unspecified atom stereocenters. The summed E-state index contributed by atoms with van der Waals surface area (Å²) in [5, 5.41) is 12.2. The fraction of sp³-hybridized carbons (Fsp3) is 0.500. The van der Waals surface area contributed by atoms with Crippen LogP contribution in [0.3, 0.4) is 0 Å². The zero-order valence-electron chi connectivity index (χ0n) is 10.4. The van der Waals surface area contributed by atoms with E-state index in [9.17, 15) is 0 Å². The summed E-state index contributed by atoms with van der Waals surface area (Å²) in [6.45, 7) is 7.41. The highest BCUT2D eigenvalue weighted by atomic mass is 15.2. The van der Waals surface area contributed by atoms with Crippen LogP contribution in [-0.4, -0.2) is 31.1 Å². The molecule has 0 radical (unpaired) electrons. The van der Waals surface area contributed by atoms with E-state index in [1.54, 1.807) is 0 Å². The number of nitriles is 1. The lowest BCUT2D eigenvalue weighted by Gasteiger charge is -2.28. The molecule has 2 rings (SSSR count). The third-order valence-electron chi connectivity index (χ3n) is 3.23. The average molecular weight is 229 g/mol. The molecule has 90 valence electrons. The van der Waals surface area contributed by atoms with Crippen LogP contribution in [0, 0.1) is 18.3 Å². The van der Waals surface area contributed by atoms with Crippen LogP contribution >= 0.6 is 0 Å². The van der Waals surface area contributed by atoms with Crippen molar-refractivity contribution in [3.63, 3.8) is 0 Å². The van der Waals surface area contributed by atoms with Crippen LogP contribution in [0.1, 0.15) is 16.7 Å². The minimum Gasteiger partial charge on any atom is -0.314 e. The lowest BCUT2D eigenvalue weighted by Crippen LogP contribution is -2.43. The maximum atomic E-state index is 8.85. The van der Waals surface area contributed by atoms with Crippen LogP contribution in [0.15, 0.2) is 18.2 Å². The Labute approximate surface area is 103 Å². The van der Waals surface area contributed by atoms with Crippen molar-refractivity contribution in [2.45, 2.75) is 19.9 Å². The maximum absolute atomic E-state index is 8.85. The molecule has 1 fully saturated rings. The van der Waals surface area contributed by atoms with Gasteiger partial charge in [-0.3, -0.25) is 4.90 Å². The monoisotopic (exact) mass is 229 g/mol. The Morgan fingerprint density at radius 3 is 2.76 bits per heavy atom. The smallest absolute Gasteiger partial charge is 0.0669 e. The van der Waals surface area contributed by atoms with E-state index in [2.05, 4.69) is 41.4 Å². The van der Waals surface area contributed by atoms with Crippen LogP contribution in [0.4, 0.5) is 0 Å². The van der Waals surface area contributed by atoms with Gasteiger partial charge in [-0.15, -0.1) is 0 Å². The molecule has 1 aliphatic heterocycles. The molecule has 0 amide bonds. The van der Waals surface area contributed by atoms with Crippen LogP contribution < -0.4 is 5.32 Å². The summed E-state index contributed by atoms with van der Waals surface area (Å²) in [5.74, 6) is 0. The highest BCUT2D eigenvalue weighted by Gasteiger charge is 2.12. The quantitative estimate of drug-likeness (QED) is 0.853. The molecule has 3 heteroatoms. The molecule has 1 N–H and O–H groups in total. The molecule has 0 aromatic heterocycles. The van der Waals surface area contributed by atoms with Crippen molar-refractivity contribution in [3.05, 3.63) is 34.9 Å². The molecule has 0 aliphatic carbocycles. The molecule has 0 saturated carbocycles. The lowest BCUT2D eigenvalue weighted by atomic mass is 10.0. The Hall–Kier alpha value is -1.37. The predicted octanol–water partition coefficient (Wildman–Crippen LogP) is 1.47. The van der Waals surface area contributed by atoms with E-state index in [0.717, 1.165) is 32.7 Å². The number of hydrogen-bond donors (Lipinski definition) is 1. The minimum absolute atomic E-state index is 0.516. The third kappa shape index (κ3) is 3.29. The zero-order valence-corrected chi connectivity index (χ0v) is 10.4. The summed E-state index contributed by atoms with van der Waals surface area (Å²) in [6.07, 6.45) is 0.516. The average Bonchev–Trinajstić information content (AvgIpc) is 2.34. The van der Waals surface area contributed by atoms with Gasteiger partial charge in [-0.1, -0.05) is 23.8 Å². The Balaban J connectivity index is 2.12. The second-order valence-corrected chi connectivity index (χ2v) is 4.63. The van der Waals surface area contributed by atoms with Gasteiger partial charge in [-0.05, 0) is 18.1 Å². The van der Waals surface area contributed by atoms with Crippen LogP contribution in [-0.2, 0) is 13.0 Å². The first kappa shape index (κ1) is 12.1. The molecule has 0 spiro atoms. The third-order valence-corrected chi connectivity index (χ3v) is 3.23. The fourth-order valence-electron chi connectivity index (χ4n) is 2.27. The highest BCUT2D eigenvalue weighted by Crippen LogP contribution is 2.15. The molecular formula is C14H19N3. The van der Waals surface area contributed by atoms with Gasteiger partial charge in [-0.2, -0.15) is 5.26 Å². The Morgan fingerprint density at radius 1 is 1.29 bits per heavy atom. The van der Waals surface area contributed by atoms with E-state index >= 15 is 0 Å². The van der Waals surface area contributed by atoms with Gasteiger partial charge in [0, 0.05) is 32.7 Å². The zero-order chi connectivity index (χ0) is 12.1. The minimum atomic E-state index is 0.516. The number of benzene rings is 1. The van der Waals surface area contributed by atoms with Crippen molar-refractivity contribution in [2.24, 2.45) is 0 Å². The van der Waals surface area contributed by atoms with Crippen molar-refractivity contribution in [2.75, 3.05) is 26.2 Å². The maximum Gasteiger partial charge on any atom is 0.0669 e. The van der Waals surface area contributed by atoms with E-state index in [1.165, 1.54) is 16.7 Å². The highest BCUT2D eigenvalue weighted by molar-refractivity contribution is 5.33. The van der Waals surface area contributed by atoms with Gasteiger partial charge in [0.25, 0.3) is 0 Å². The topological polar surface area (TPSA) is 39.1 Å². The first-order chi connectivity index (χ1) is 8.29. The number of piperazine rings is 1. The molecular weight excluding hydrogens is 210 g/mol. The van der Waals surface area contributed by atoms with E-state index in [0.29, 0.717) is 6.42 Å². The fourth-order valence-corrected chi connectivity index (χ4v) is 2.27. The second kappa shape index (κ2) is 5.81. The molecule has 0 bridgehead atoms. The SMILES string of the molecule is Cc1ccc(CC#N)c(CN2CCNCC2)c1. The van der Waals surface area contributed by atoms with Gasteiger partial charge in [0.05, 0.1) is 12.5 Å². The van der Waals surface area contributed by atoms with Crippen LogP contribution in [0.25, 0.3) is 0 Å². The number of hydrogen-bond acceptors (Lipinski definition) is 3. The van der Waals surface area contributed by atoms with Crippen molar-refractivity contribution in [1.29, 1.82) is 5.26 Å². The molecule has 17 heavy (non-hydrogen) atoms. The predicted molar refractivity (Wildman–Crippen MR) is 68.6 cm³/mol. The van der Waals surface area contributed by atoms with Crippen molar-refractivity contribution in [3.8, 4) is 6.07 Å². The summed E-state index contributed by atoms with van der Waals surface area (Å²) in [5.41, 5.74) is 3.77. The standard InChI is InChI=1S/C14H19N3/c1-12-2-3-13(4-5-15)14(10-12)11-17-8-6-16-7-9-17/h2-3,10,16H,4,6-9,11H2,1H3. The Kier molecular flexibility index (Phi) is 4.13. The Bertz CT molecular complexity index is 414. The molecule has 1 saturated heterocycles. The second-order valence-electron chi connectivity index (χ2n) is 4.63. The van der Waals surface area contributed by atoms with Gasteiger partial charge in [0.1, 0.15) is 0 Å². The molecule has 3 nitrogen and oxygen atoms in total. The molecule has 0 atom stereocenters. The summed E-state index contributed by atoms with van der Waals surface area (Å²) < 4.78 is 0. The summed E-state index contributed by atoms with van der Waals surface area (Å²) in [6, 6.07) is 8.65. The molecule has 1 aromatic carbocycles. The van der Waals surface area contributed by atoms with Gasteiger partial charge < -0.3 is 5.32 Å². The van der Waals surface area contributed by atoms with Gasteiger partial charge >= 0.3 is 0 Å². The number of rotatable bonds is 3. The Morgan fingerprint density at radius 2 is 2.06 bits per heavy atom. The summed E-state index contributed by atoms with van der Waals surface area (Å²) in [4.78, 5) is 2.45. The summed E-state index contributed by atoms with van der Waals surface area (Å²) >= 11 is 0. The van der Waals surface area contributed by atoms with E-state index in [4.69, 9.17) is 5.26 Å². The molecule has 1 heterocycles. The largest absolute Gasteiger partial charge is 0.314 e. The molecule has 1 aliphatic rings. The lowest BCUT2D eigenvalue weighted by molar-refractivity contribution is 0.232. The van der Waals surface area contributed by atoms with Crippen LogP contribution in [0.2, 0.25) is 0 Å². The van der Waals surface area contributed by atoms with Crippen molar-refractivity contribution in [1.82, 2.24) is 10.2 Å². The van der Waals surface area contributed by atoms with Crippen molar-refractivity contribution < 1.29 is 0 Å². The number of nitrogens with zero attached hydrogens (tertiary/aromatic N) is 2. The first-order valence-corrected chi connectivity index (χ1v) is 6.18. The normalized spacial score (nSPS) is 16.7. The van der Waals surface area contributed by atoms with E-state index < -0.39 is 0 Å². The van der Waals surface area contributed by atoms with E-state index in [1.807, 2.05) is 0 Å².